The highest BCUT2D eigenvalue weighted by Gasteiger charge is 2.57. The molecule has 1 aliphatic carbocycles. The number of piperidine rings is 1. The third kappa shape index (κ3) is 3.78. The Kier molecular flexibility index (Phi) is 5.12. The summed E-state index contributed by atoms with van der Waals surface area (Å²) in [5.74, 6) is 0.591. The topological polar surface area (TPSA) is 52.6 Å². The molecule has 0 bridgehead atoms. The quantitative estimate of drug-likeness (QED) is 0.652. The summed E-state index contributed by atoms with van der Waals surface area (Å²) < 4.78 is 0. The number of hydrogen-bond donors (Lipinski definition) is 2. The van der Waals surface area contributed by atoms with Crippen molar-refractivity contribution in [3.63, 3.8) is 0 Å². The zero-order valence-corrected chi connectivity index (χ0v) is 17.7. The van der Waals surface area contributed by atoms with E-state index >= 15 is 0 Å². The van der Waals surface area contributed by atoms with Gasteiger partial charge in [-0.3, -0.25) is 9.69 Å². The van der Waals surface area contributed by atoms with Crippen LogP contribution in [0.2, 0.25) is 0 Å². The van der Waals surface area contributed by atoms with E-state index < -0.39 is 5.60 Å². The van der Waals surface area contributed by atoms with E-state index in [0.717, 1.165) is 25.2 Å². The van der Waals surface area contributed by atoms with Crippen LogP contribution in [-0.4, -0.2) is 35.0 Å². The standard InChI is InChI=1S/C27H28N2O2/c1-19-12-14-22(15-13-19)27(31,21-10-6-3-7-11-21)26(30)28-25-23-17-29(18-24(23)25)16-20-8-4-2-5-9-20/h2-15,23-25,31H,16-18H2,1H3,(H,28,30). The van der Waals surface area contributed by atoms with Crippen molar-refractivity contribution in [3.05, 3.63) is 107 Å². The minimum atomic E-state index is -1.70. The molecule has 4 heteroatoms. The number of aryl methyl sites for hydroxylation is 1. The van der Waals surface area contributed by atoms with Crippen LogP contribution in [0.25, 0.3) is 0 Å². The molecule has 4 nitrogen and oxygen atoms in total. The number of aliphatic hydroxyl groups is 1. The van der Waals surface area contributed by atoms with Gasteiger partial charge in [-0.15, -0.1) is 0 Å². The first-order valence-corrected chi connectivity index (χ1v) is 11.0. The fraction of sp³-hybridized carbons (Fsp3) is 0.296. The molecule has 1 saturated carbocycles. The fourth-order valence-electron chi connectivity index (χ4n) is 4.96. The van der Waals surface area contributed by atoms with E-state index in [1.807, 2.05) is 67.6 Å². The van der Waals surface area contributed by atoms with E-state index in [1.54, 1.807) is 0 Å². The molecule has 3 aromatic carbocycles. The Morgan fingerprint density at radius 3 is 2.06 bits per heavy atom. The summed E-state index contributed by atoms with van der Waals surface area (Å²) >= 11 is 0. The van der Waals surface area contributed by atoms with Gasteiger partial charge in [0.1, 0.15) is 0 Å². The van der Waals surface area contributed by atoms with Crippen LogP contribution in [0.1, 0.15) is 22.3 Å². The average Bonchev–Trinajstić information content (AvgIpc) is 3.24. The molecule has 5 rings (SSSR count). The van der Waals surface area contributed by atoms with Crippen LogP contribution < -0.4 is 5.32 Å². The molecule has 1 saturated heterocycles. The maximum absolute atomic E-state index is 13.4. The highest BCUT2D eigenvalue weighted by Crippen LogP contribution is 2.46. The molecule has 2 fully saturated rings. The van der Waals surface area contributed by atoms with Crippen molar-refractivity contribution in [2.75, 3.05) is 13.1 Å². The number of nitrogens with one attached hydrogen (secondary N) is 1. The van der Waals surface area contributed by atoms with E-state index in [2.05, 4.69) is 34.5 Å². The molecular formula is C27H28N2O2. The predicted molar refractivity (Wildman–Crippen MR) is 121 cm³/mol. The number of carbonyl (C=O) groups excluding carboxylic acids is 1. The van der Waals surface area contributed by atoms with Crippen LogP contribution in [0.5, 0.6) is 0 Å². The summed E-state index contributed by atoms with van der Waals surface area (Å²) in [6, 6.07) is 27.4. The maximum Gasteiger partial charge on any atom is 0.261 e. The molecule has 0 spiro atoms. The van der Waals surface area contributed by atoms with Crippen molar-refractivity contribution in [1.82, 2.24) is 10.2 Å². The normalized spacial score (nSPS) is 24.3. The Morgan fingerprint density at radius 2 is 1.45 bits per heavy atom. The lowest BCUT2D eigenvalue weighted by Gasteiger charge is -2.29. The van der Waals surface area contributed by atoms with Crippen molar-refractivity contribution < 1.29 is 9.90 Å². The third-order valence-electron chi connectivity index (χ3n) is 6.81. The van der Waals surface area contributed by atoms with Gasteiger partial charge < -0.3 is 10.4 Å². The Balaban J connectivity index is 1.29. The van der Waals surface area contributed by atoms with Gasteiger partial charge in [-0.05, 0) is 35.4 Å². The third-order valence-corrected chi connectivity index (χ3v) is 6.81. The molecule has 1 aliphatic heterocycles. The maximum atomic E-state index is 13.4. The van der Waals surface area contributed by atoms with E-state index in [1.165, 1.54) is 5.56 Å². The first kappa shape index (κ1) is 20.0. The number of fused-ring (bicyclic) bond motifs is 1. The number of likely N-dealkylation sites (tertiary alicyclic amines) is 1. The number of rotatable bonds is 6. The van der Waals surface area contributed by atoms with Crippen LogP contribution in [0, 0.1) is 18.8 Å². The zero-order valence-electron chi connectivity index (χ0n) is 17.7. The molecule has 158 valence electrons. The van der Waals surface area contributed by atoms with Crippen molar-refractivity contribution >= 4 is 5.91 Å². The summed E-state index contributed by atoms with van der Waals surface area (Å²) in [4.78, 5) is 15.9. The highest BCUT2D eigenvalue weighted by atomic mass is 16.3. The van der Waals surface area contributed by atoms with Crippen LogP contribution in [0.15, 0.2) is 84.9 Å². The Labute approximate surface area is 183 Å². The molecule has 1 heterocycles. The summed E-state index contributed by atoms with van der Waals surface area (Å²) in [5, 5.41) is 14.9. The summed E-state index contributed by atoms with van der Waals surface area (Å²) in [5.41, 5.74) is 1.90. The first-order chi connectivity index (χ1) is 15.1. The largest absolute Gasteiger partial charge is 0.372 e. The van der Waals surface area contributed by atoms with Crippen LogP contribution in [-0.2, 0) is 16.9 Å². The number of benzene rings is 3. The van der Waals surface area contributed by atoms with Gasteiger partial charge in [0.2, 0.25) is 0 Å². The van der Waals surface area contributed by atoms with Crippen LogP contribution >= 0.6 is 0 Å². The second-order valence-electron chi connectivity index (χ2n) is 8.95. The smallest absolute Gasteiger partial charge is 0.261 e. The van der Waals surface area contributed by atoms with Crippen molar-refractivity contribution in [2.45, 2.75) is 25.1 Å². The van der Waals surface area contributed by atoms with Crippen LogP contribution in [0.3, 0.4) is 0 Å². The van der Waals surface area contributed by atoms with Gasteiger partial charge in [0, 0.05) is 25.7 Å². The Bertz CT molecular complexity index is 1040. The van der Waals surface area contributed by atoms with Gasteiger partial charge in [0.15, 0.2) is 5.60 Å². The van der Waals surface area contributed by atoms with Gasteiger partial charge in [0.05, 0.1) is 0 Å². The molecule has 31 heavy (non-hydrogen) atoms. The first-order valence-electron chi connectivity index (χ1n) is 11.0. The molecule has 1 amide bonds. The Morgan fingerprint density at radius 1 is 0.903 bits per heavy atom. The molecule has 2 aliphatic rings. The minimum absolute atomic E-state index is 0.139. The van der Waals surface area contributed by atoms with Crippen molar-refractivity contribution in [3.8, 4) is 0 Å². The van der Waals surface area contributed by atoms with Gasteiger partial charge in [-0.25, -0.2) is 0 Å². The van der Waals surface area contributed by atoms with Gasteiger partial charge in [-0.1, -0.05) is 90.5 Å². The molecular weight excluding hydrogens is 384 g/mol. The van der Waals surface area contributed by atoms with Gasteiger partial charge in [-0.2, -0.15) is 0 Å². The molecule has 2 N–H and O–H groups in total. The second-order valence-corrected chi connectivity index (χ2v) is 8.95. The number of carbonyl (C=O) groups is 1. The number of nitrogens with zero attached hydrogens (tertiary/aromatic N) is 1. The molecule has 3 aromatic rings. The zero-order chi connectivity index (χ0) is 21.4. The predicted octanol–water partition coefficient (Wildman–Crippen LogP) is 3.48. The molecule has 0 radical (unpaired) electrons. The van der Waals surface area contributed by atoms with E-state index in [9.17, 15) is 9.90 Å². The average molecular weight is 413 g/mol. The summed E-state index contributed by atoms with van der Waals surface area (Å²) in [6.45, 7) is 4.92. The second kappa shape index (κ2) is 7.95. The summed E-state index contributed by atoms with van der Waals surface area (Å²) in [7, 11) is 0. The fourth-order valence-corrected chi connectivity index (χ4v) is 4.96. The van der Waals surface area contributed by atoms with E-state index in [0.29, 0.717) is 23.0 Å². The lowest BCUT2D eigenvalue weighted by molar-refractivity contribution is -0.137. The SMILES string of the molecule is Cc1ccc(C(O)(C(=O)NC2C3CN(Cc4ccccc4)CC32)c2ccccc2)cc1. The monoisotopic (exact) mass is 412 g/mol. The highest BCUT2D eigenvalue weighted by molar-refractivity contribution is 5.90. The Hall–Kier alpha value is -2.95. The van der Waals surface area contributed by atoms with E-state index in [4.69, 9.17) is 0 Å². The number of hydrogen-bond acceptors (Lipinski definition) is 3. The van der Waals surface area contributed by atoms with Crippen molar-refractivity contribution in [2.24, 2.45) is 11.8 Å². The van der Waals surface area contributed by atoms with Gasteiger partial charge in [0.25, 0.3) is 5.91 Å². The molecule has 3 atom stereocenters. The lowest BCUT2D eigenvalue weighted by atomic mass is 9.85. The van der Waals surface area contributed by atoms with Crippen molar-refractivity contribution in [1.29, 1.82) is 0 Å². The molecule has 3 unspecified atom stereocenters. The van der Waals surface area contributed by atoms with Gasteiger partial charge >= 0.3 is 0 Å². The number of amides is 1. The minimum Gasteiger partial charge on any atom is -0.372 e. The molecule has 0 aromatic heterocycles. The van der Waals surface area contributed by atoms with E-state index in [-0.39, 0.29) is 11.9 Å². The summed E-state index contributed by atoms with van der Waals surface area (Å²) in [6.07, 6.45) is 0. The lowest BCUT2D eigenvalue weighted by Crippen LogP contribution is -2.47. The van der Waals surface area contributed by atoms with Crippen LogP contribution in [0.4, 0.5) is 0 Å².